The van der Waals surface area contributed by atoms with Crippen molar-refractivity contribution in [1.29, 1.82) is 0 Å². The van der Waals surface area contributed by atoms with Gasteiger partial charge >= 0.3 is 0 Å². The topological polar surface area (TPSA) is 136 Å². The van der Waals surface area contributed by atoms with Crippen molar-refractivity contribution in [2.45, 2.75) is 4.90 Å². The van der Waals surface area contributed by atoms with Crippen LogP contribution < -0.4 is 10.9 Å². The fraction of sp³-hybridized carbons (Fsp3) is 0.0909. The number of nitrogen functional groups attached to an aromatic ring is 1. The van der Waals surface area contributed by atoms with E-state index in [1.165, 1.54) is 11.3 Å². The summed E-state index contributed by atoms with van der Waals surface area (Å²) in [5.41, 5.74) is 6.53. The molecule has 22 heavy (non-hydrogen) atoms. The molecule has 0 fully saturated rings. The van der Waals surface area contributed by atoms with Crippen LogP contribution in [0, 0.1) is 0 Å². The van der Waals surface area contributed by atoms with E-state index >= 15 is 0 Å². The molecular formula is C11H9BrN6O2S2. The quantitative estimate of drug-likeness (QED) is 0.812. The summed E-state index contributed by atoms with van der Waals surface area (Å²) >= 11 is 4.45. The first-order valence-corrected chi connectivity index (χ1v) is 9.03. The van der Waals surface area contributed by atoms with Crippen LogP contribution in [0.3, 0.4) is 0 Å². The number of aromatic nitrogens is 1. The molecule has 114 valence electrons. The lowest BCUT2D eigenvalue weighted by atomic mass is 10.1. The zero-order valence-corrected chi connectivity index (χ0v) is 14.1. The molecule has 1 aliphatic rings. The molecule has 0 saturated carbocycles. The lowest BCUT2D eigenvalue weighted by Gasteiger charge is -2.12. The number of nitrogens with zero attached hydrogens (tertiary/aromatic N) is 4. The smallest absolute Gasteiger partial charge is 0.239 e. The zero-order valence-electron chi connectivity index (χ0n) is 10.9. The Balaban J connectivity index is 2.38. The van der Waals surface area contributed by atoms with Crippen LogP contribution in [-0.4, -0.2) is 25.9 Å². The van der Waals surface area contributed by atoms with Crippen molar-refractivity contribution >= 4 is 48.3 Å². The van der Waals surface area contributed by atoms with Gasteiger partial charge in [0.15, 0.2) is 17.6 Å². The lowest BCUT2D eigenvalue weighted by Crippen LogP contribution is -2.18. The molecule has 0 bridgehead atoms. The molecule has 0 atom stereocenters. The third-order valence-electron chi connectivity index (χ3n) is 2.86. The average molecular weight is 401 g/mol. The Hall–Kier alpha value is -1.69. The molecule has 1 aliphatic heterocycles. The van der Waals surface area contributed by atoms with Gasteiger partial charge in [-0.05, 0) is 22.0 Å². The molecule has 0 saturated heterocycles. The number of nitrogens with two attached hydrogens (primary N) is 2. The first-order chi connectivity index (χ1) is 10.4. The number of primary sulfonamides is 1. The van der Waals surface area contributed by atoms with Gasteiger partial charge in [0.05, 0.1) is 10.4 Å². The fourth-order valence-electron chi connectivity index (χ4n) is 2.03. The third kappa shape index (κ3) is 2.67. The number of amidine groups is 1. The van der Waals surface area contributed by atoms with Crippen molar-refractivity contribution in [2.75, 3.05) is 12.4 Å². The van der Waals surface area contributed by atoms with Gasteiger partial charge in [-0.25, -0.2) is 23.5 Å². The lowest BCUT2D eigenvalue weighted by molar-refractivity contribution is 0.597. The van der Waals surface area contributed by atoms with Gasteiger partial charge in [0, 0.05) is 16.2 Å². The number of rotatable bonds is 3. The van der Waals surface area contributed by atoms with Crippen LogP contribution in [0.5, 0.6) is 0 Å². The summed E-state index contributed by atoms with van der Waals surface area (Å²) in [7, 11) is -4.00. The van der Waals surface area contributed by atoms with Gasteiger partial charge < -0.3 is 5.73 Å². The molecule has 2 aromatic rings. The Labute approximate surface area is 138 Å². The molecule has 0 aliphatic carbocycles. The minimum atomic E-state index is -4.00. The second-order valence-corrected chi connectivity index (χ2v) is 7.69. The number of hydrogen-bond donors (Lipinski definition) is 2. The van der Waals surface area contributed by atoms with E-state index in [-0.39, 0.29) is 17.4 Å². The molecule has 3 rings (SSSR count). The van der Waals surface area contributed by atoms with Crippen molar-refractivity contribution in [2.24, 2.45) is 20.4 Å². The molecule has 0 unspecified atom stereocenters. The van der Waals surface area contributed by atoms with Crippen LogP contribution in [0.4, 0.5) is 5.13 Å². The minimum absolute atomic E-state index is 0.0865. The van der Waals surface area contributed by atoms with Gasteiger partial charge in [-0.2, -0.15) is 5.11 Å². The summed E-state index contributed by atoms with van der Waals surface area (Å²) in [6.45, 7) is 0.149. The Morgan fingerprint density at radius 3 is 2.64 bits per heavy atom. The van der Waals surface area contributed by atoms with Gasteiger partial charge in [-0.15, -0.1) is 5.11 Å². The molecule has 0 amide bonds. The average Bonchev–Trinajstić information content (AvgIpc) is 3.07. The Kier molecular flexibility index (Phi) is 3.80. The van der Waals surface area contributed by atoms with Crippen molar-refractivity contribution < 1.29 is 8.42 Å². The fourth-order valence-corrected chi connectivity index (χ4v) is 4.58. The molecule has 11 heteroatoms. The van der Waals surface area contributed by atoms with Crippen molar-refractivity contribution in [3.8, 4) is 10.4 Å². The monoisotopic (exact) mass is 400 g/mol. The highest BCUT2D eigenvalue weighted by atomic mass is 79.9. The number of hydrogen-bond acceptors (Lipinski definition) is 8. The molecule has 0 spiro atoms. The van der Waals surface area contributed by atoms with E-state index in [0.29, 0.717) is 25.6 Å². The predicted octanol–water partition coefficient (Wildman–Crippen LogP) is 1.97. The number of azo groups is 1. The molecule has 8 nitrogen and oxygen atoms in total. The van der Waals surface area contributed by atoms with Gasteiger partial charge in [0.1, 0.15) is 4.90 Å². The highest BCUT2D eigenvalue weighted by molar-refractivity contribution is 9.10. The third-order valence-corrected chi connectivity index (χ3v) is 5.63. The maximum Gasteiger partial charge on any atom is 0.239 e. The Morgan fingerprint density at radius 2 is 2.09 bits per heavy atom. The highest BCUT2D eigenvalue weighted by Crippen LogP contribution is 2.37. The summed E-state index contributed by atoms with van der Waals surface area (Å²) in [4.78, 5) is 8.70. The van der Waals surface area contributed by atoms with Crippen LogP contribution >= 0.6 is 27.3 Å². The molecular weight excluding hydrogens is 392 g/mol. The van der Waals surface area contributed by atoms with Gasteiger partial charge in [-0.1, -0.05) is 17.4 Å². The first kappa shape index (κ1) is 15.2. The van der Waals surface area contributed by atoms with Gasteiger partial charge in [0.25, 0.3) is 0 Å². The van der Waals surface area contributed by atoms with E-state index in [1.807, 2.05) is 0 Å². The summed E-state index contributed by atoms with van der Waals surface area (Å²) < 4.78 is 24.3. The van der Waals surface area contributed by atoms with Gasteiger partial charge in [-0.3, -0.25) is 0 Å². The van der Waals surface area contributed by atoms with E-state index in [0.717, 1.165) is 0 Å². The molecule has 2 heterocycles. The molecule has 0 radical (unpaired) electrons. The van der Waals surface area contributed by atoms with Crippen molar-refractivity contribution in [3.63, 3.8) is 0 Å². The SMILES string of the molecule is Nc1ncc(-c2ccc(Br)c(S(N)(=O)=O)c2C2=NCN=N2)s1. The number of halogens is 1. The Morgan fingerprint density at radius 1 is 1.32 bits per heavy atom. The van der Waals surface area contributed by atoms with E-state index in [2.05, 4.69) is 36.1 Å². The second-order valence-electron chi connectivity index (χ2n) is 4.27. The van der Waals surface area contributed by atoms with Crippen LogP contribution in [0.2, 0.25) is 0 Å². The standard InChI is InChI=1S/C11H9BrN6O2S2/c12-6-2-1-5(7-3-15-11(13)21-7)8(9(6)22(14,19)20)10-16-4-17-18-10/h1-3H,4H2,(H2,13,15)(H2,14,19,20). The normalized spacial score (nSPS) is 14.4. The highest BCUT2D eigenvalue weighted by Gasteiger charge is 2.27. The zero-order chi connectivity index (χ0) is 15.9. The van der Waals surface area contributed by atoms with Crippen LogP contribution in [0.15, 0.2) is 42.9 Å². The van der Waals surface area contributed by atoms with E-state index < -0.39 is 10.0 Å². The van der Waals surface area contributed by atoms with Crippen LogP contribution in [0.25, 0.3) is 10.4 Å². The predicted molar refractivity (Wildman–Crippen MR) is 87.3 cm³/mol. The Bertz CT molecular complexity index is 919. The molecule has 1 aromatic carbocycles. The summed E-state index contributed by atoms with van der Waals surface area (Å²) in [6, 6.07) is 3.33. The summed E-state index contributed by atoms with van der Waals surface area (Å²) in [6.07, 6.45) is 1.56. The number of benzene rings is 1. The maximum absolute atomic E-state index is 12.0. The molecule has 4 N–H and O–H groups in total. The second kappa shape index (κ2) is 5.50. The summed E-state index contributed by atoms with van der Waals surface area (Å²) in [5.74, 6) is 0.215. The summed E-state index contributed by atoms with van der Waals surface area (Å²) in [5, 5.41) is 13.4. The van der Waals surface area contributed by atoms with Crippen LogP contribution in [-0.2, 0) is 10.0 Å². The first-order valence-electron chi connectivity index (χ1n) is 5.87. The maximum atomic E-state index is 12.0. The van der Waals surface area contributed by atoms with E-state index in [4.69, 9.17) is 10.9 Å². The van der Waals surface area contributed by atoms with E-state index in [9.17, 15) is 8.42 Å². The largest absolute Gasteiger partial charge is 0.375 e. The number of sulfonamides is 1. The minimum Gasteiger partial charge on any atom is -0.375 e. The van der Waals surface area contributed by atoms with Crippen molar-refractivity contribution in [1.82, 2.24) is 4.98 Å². The number of thiazole rings is 1. The number of anilines is 1. The molecule has 1 aromatic heterocycles. The van der Waals surface area contributed by atoms with Gasteiger partial charge in [0.2, 0.25) is 10.0 Å². The van der Waals surface area contributed by atoms with Crippen LogP contribution in [0.1, 0.15) is 5.56 Å². The number of aliphatic imine (C=N–C) groups is 1. The van der Waals surface area contributed by atoms with E-state index in [1.54, 1.807) is 18.3 Å². The van der Waals surface area contributed by atoms with Crippen molar-refractivity contribution in [3.05, 3.63) is 28.4 Å².